The van der Waals surface area contributed by atoms with Crippen LogP contribution in [0.4, 0.5) is 0 Å². The molecule has 82 valence electrons. The lowest BCUT2D eigenvalue weighted by Gasteiger charge is -2.14. The van der Waals surface area contributed by atoms with E-state index in [0.29, 0.717) is 0 Å². The van der Waals surface area contributed by atoms with Gasteiger partial charge in [-0.15, -0.1) is 0 Å². The SMILES string of the molecule is COc1cc(C)c(C(C)C(=O)O)cc1C. The van der Waals surface area contributed by atoms with Crippen LogP contribution in [0.2, 0.25) is 0 Å². The first-order chi connectivity index (χ1) is 6.97. The zero-order valence-corrected chi connectivity index (χ0v) is 9.50. The average molecular weight is 208 g/mol. The van der Waals surface area contributed by atoms with Crippen molar-refractivity contribution < 1.29 is 14.6 Å². The van der Waals surface area contributed by atoms with Gasteiger partial charge in [0, 0.05) is 0 Å². The summed E-state index contributed by atoms with van der Waals surface area (Å²) < 4.78 is 5.17. The van der Waals surface area contributed by atoms with Gasteiger partial charge in [0.25, 0.3) is 0 Å². The van der Waals surface area contributed by atoms with Crippen molar-refractivity contribution in [3.05, 3.63) is 28.8 Å². The molecule has 0 aliphatic heterocycles. The summed E-state index contributed by atoms with van der Waals surface area (Å²) in [7, 11) is 1.61. The van der Waals surface area contributed by atoms with Crippen LogP contribution in [-0.2, 0) is 4.79 Å². The smallest absolute Gasteiger partial charge is 0.310 e. The molecule has 1 unspecified atom stereocenters. The van der Waals surface area contributed by atoms with E-state index in [2.05, 4.69) is 0 Å². The maximum Gasteiger partial charge on any atom is 0.310 e. The van der Waals surface area contributed by atoms with Crippen LogP contribution in [-0.4, -0.2) is 18.2 Å². The van der Waals surface area contributed by atoms with Gasteiger partial charge in [-0.05, 0) is 43.5 Å². The number of rotatable bonds is 3. The van der Waals surface area contributed by atoms with Gasteiger partial charge in [0.15, 0.2) is 0 Å². The molecule has 3 nitrogen and oxygen atoms in total. The summed E-state index contributed by atoms with van der Waals surface area (Å²) in [4.78, 5) is 10.9. The Morgan fingerprint density at radius 2 is 1.93 bits per heavy atom. The summed E-state index contributed by atoms with van der Waals surface area (Å²) in [5.74, 6) is -0.480. The monoisotopic (exact) mass is 208 g/mol. The van der Waals surface area contributed by atoms with E-state index in [1.54, 1.807) is 14.0 Å². The first-order valence-corrected chi connectivity index (χ1v) is 4.85. The minimum atomic E-state index is -0.803. The van der Waals surface area contributed by atoms with Crippen molar-refractivity contribution in [1.29, 1.82) is 0 Å². The van der Waals surface area contributed by atoms with Crippen LogP contribution in [0.25, 0.3) is 0 Å². The number of benzene rings is 1. The van der Waals surface area contributed by atoms with Crippen molar-refractivity contribution in [2.24, 2.45) is 0 Å². The molecule has 1 rings (SSSR count). The quantitative estimate of drug-likeness (QED) is 0.830. The highest BCUT2D eigenvalue weighted by molar-refractivity contribution is 5.76. The second kappa shape index (κ2) is 4.34. The van der Waals surface area contributed by atoms with Crippen molar-refractivity contribution in [3.8, 4) is 5.75 Å². The van der Waals surface area contributed by atoms with E-state index in [1.807, 2.05) is 26.0 Å². The van der Waals surface area contributed by atoms with Gasteiger partial charge in [0.05, 0.1) is 13.0 Å². The van der Waals surface area contributed by atoms with Gasteiger partial charge in [-0.1, -0.05) is 6.07 Å². The Labute approximate surface area is 89.7 Å². The Balaban J connectivity index is 3.21. The van der Waals surface area contributed by atoms with Gasteiger partial charge in [0.1, 0.15) is 5.75 Å². The molecule has 0 heterocycles. The van der Waals surface area contributed by atoms with Crippen molar-refractivity contribution in [3.63, 3.8) is 0 Å². The fourth-order valence-electron chi connectivity index (χ4n) is 1.63. The molecule has 0 bridgehead atoms. The molecule has 0 saturated heterocycles. The van der Waals surface area contributed by atoms with E-state index in [9.17, 15) is 4.79 Å². The molecule has 0 aromatic heterocycles. The van der Waals surface area contributed by atoms with Crippen LogP contribution in [0.1, 0.15) is 29.5 Å². The molecule has 1 atom stereocenters. The number of hydrogen-bond acceptors (Lipinski definition) is 2. The average Bonchev–Trinajstić information content (AvgIpc) is 2.19. The number of aliphatic carboxylic acids is 1. The van der Waals surface area contributed by atoms with Crippen molar-refractivity contribution in [2.75, 3.05) is 7.11 Å². The molecule has 3 heteroatoms. The molecular formula is C12H16O3. The van der Waals surface area contributed by atoms with Crippen LogP contribution >= 0.6 is 0 Å². The van der Waals surface area contributed by atoms with Gasteiger partial charge in [0.2, 0.25) is 0 Å². The summed E-state index contributed by atoms with van der Waals surface area (Å²) in [6.45, 7) is 5.50. The Morgan fingerprint density at radius 1 is 1.33 bits per heavy atom. The molecule has 0 aliphatic carbocycles. The van der Waals surface area contributed by atoms with E-state index < -0.39 is 11.9 Å². The highest BCUT2D eigenvalue weighted by Gasteiger charge is 2.17. The van der Waals surface area contributed by atoms with Crippen LogP contribution in [0, 0.1) is 13.8 Å². The molecule has 0 amide bonds. The fourth-order valence-corrected chi connectivity index (χ4v) is 1.63. The Bertz CT molecular complexity index is 383. The highest BCUT2D eigenvalue weighted by Crippen LogP contribution is 2.27. The first-order valence-electron chi connectivity index (χ1n) is 4.85. The standard InChI is InChI=1S/C12H16O3/c1-7-6-11(15-4)8(2)5-10(7)9(3)12(13)14/h5-6,9H,1-4H3,(H,13,14). The third-order valence-corrected chi connectivity index (χ3v) is 2.62. The third kappa shape index (κ3) is 2.29. The molecule has 0 aliphatic rings. The Kier molecular flexibility index (Phi) is 3.35. The molecule has 0 radical (unpaired) electrons. The fraction of sp³-hybridized carbons (Fsp3) is 0.417. The van der Waals surface area contributed by atoms with E-state index in [-0.39, 0.29) is 0 Å². The molecule has 1 aromatic carbocycles. The zero-order chi connectivity index (χ0) is 11.6. The van der Waals surface area contributed by atoms with Crippen LogP contribution in [0.5, 0.6) is 5.75 Å². The van der Waals surface area contributed by atoms with Gasteiger partial charge in [-0.3, -0.25) is 4.79 Å². The molecule has 0 fully saturated rings. The number of ether oxygens (including phenoxy) is 1. The van der Waals surface area contributed by atoms with Crippen molar-refractivity contribution >= 4 is 5.97 Å². The Morgan fingerprint density at radius 3 is 2.40 bits per heavy atom. The summed E-state index contributed by atoms with van der Waals surface area (Å²) in [5.41, 5.74) is 2.76. The number of carboxylic acid groups (broad SMARTS) is 1. The summed E-state index contributed by atoms with van der Waals surface area (Å²) >= 11 is 0. The zero-order valence-electron chi connectivity index (χ0n) is 9.50. The second-order valence-corrected chi connectivity index (χ2v) is 3.74. The molecule has 0 spiro atoms. The lowest BCUT2D eigenvalue weighted by atomic mass is 9.94. The lowest BCUT2D eigenvalue weighted by molar-refractivity contribution is -0.138. The molecular weight excluding hydrogens is 192 g/mol. The van der Waals surface area contributed by atoms with Gasteiger partial charge >= 0.3 is 5.97 Å². The maximum atomic E-state index is 10.9. The predicted octanol–water partition coefficient (Wildman–Crippen LogP) is 2.50. The minimum Gasteiger partial charge on any atom is -0.496 e. The number of carboxylic acids is 1. The molecule has 1 N–H and O–H groups in total. The Hall–Kier alpha value is -1.51. The maximum absolute atomic E-state index is 10.9. The second-order valence-electron chi connectivity index (χ2n) is 3.74. The van der Waals surface area contributed by atoms with Gasteiger partial charge in [-0.2, -0.15) is 0 Å². The number of aryl methyl sites for hydroxylation is 2. The normalized spacial score (nSPS) is 12.3. The topological polar surface area (TPSA) is 46.5 Å². The summed E-state index contributed by atoms with van der Waals surface area (Å²) in [6.07, 6.45) is 0. The molecule has 15 heavy (non-hydrogen) atoms. The van der Waals surface area contributed by atoms with E-state index in [1.165, 1.54) is 0 Å². The van der Waals surface area contributed by atoms with Crippen molar-refractivity contribution in [1.82, 2.24) is 0 Å². The van der Waals surface area contributed by atoms with Crippen LogP contribution < -0.4 is 4.74 Å². The van der Waals surface area contributed by atoms with E-state index in [4.69, 9.17) is 9.84 Å². The minimum absolute atomic E-state index is 0.477. The number of methoxy groups -OCH3 is 1. The third-order valence-electron chi connectivity index (χ3n) is 2.62. The lowest BCUT2D eigenvalue weighted by Crippen LogP contribution is -2.09. The largest absolute Gasteiger partial charge is 0.496 e. The molecule has 1 aromatic rings. The highest BCUT2D eigenvalue weighted by atomic mass is 16.5. The first kappa shape index (κ1) is 11.6. The van der Waals surface area contributed by atoms with E-state index >= 15 is 0 Å². The van der Waals surface area contributed by atoms with Crippen molar-refractivity contribution in [2.45, 2.75) is 26.7 Å². The van der Waals surface area contributed by atoms with Crippen LogP contribution in [0.15, 0.2) is 12.1 Å². The predicted molar refractivity (Wildman–Crippen MR) is 58.5 cm³/mol. The van der Waals surface area contributed by atoms with Gasteiger partial charge in [-0.25, -0.2) is 0 Å². The number of carbonyl (C=O) groups is 1. The molecule has 0 saturated carbocycles. The summed E-state index contributed by atoms with van der Waals surface area (Å²) in [6, 6.07) is 3.76. The van der Waals surface area contributed by atoms with Crippen LogP contribution in [0.3, 0.4) is 0 Å². The summed E-state index contributed by atoms with van der Waals surface area (Å²) in [5, 5.41) is 8.95. The number of hydrogen-bond donors (Lipinski definition) is 1. The van der Waals surface area contributed by atoms with E-state index in [0.717, 1.165) is 22.4 Å². The van der Waals surface area contributed by atoms with Gasteiger partial charge < -0.3 is 9.84 Å².